The Morgan fingerprint density at radius 1 is 1.63 bits per heavy atom. The molecule has 0 aliphatic heterocycles. The lowest BCUT2D eigenvalue weighted by atomic mass is 9.96. The molecule has 1 unspecified atom stereocenters. The number of pyridine rings is 1. The first kappa shape index (κ1) is 13.5. The summed E-state index contributed by atoms with van der Waals surface area (Å²) in [6.07, 6.45) is 2.16. The molecule has 1 aromatic rings. The van der Waals surface area contributed by atoms with E-state index in [1.54, 1.807) is 0 Å². The van der Waals surface area contributed by atoms with Gasteiger partial charge in [-0.15, -0.1) is 0 Å². The molecule has 0 radical (unpaired) electrons. The van der Waals surface area contributed by atoms with Gasteiger partial charge in [-0.1, -0.05) is 0 Å². The third-order valence-electron chi connectivity index (χ3n) is 3.56. The van der Waals surface area contributed by atoms with E-state index in [1.165, 1.54) is 19.2 Å². The topological polar surface area (TPSA) is 103 Å². The number of nitrogens with one attached hydrogen (secondary N) is 1. The highest BCUT2D eigenvalue weighted by molar-refractivity contribution is 5.58. The molecule has 1 aromatic heterocycles. The van der Waals surface area contributed by atoms with Crippen molar-refractivity contribution in [2.75, 3.05) is 19.0 Å². The molecule has 0 bridgehead atoms. The van der Waals surface area contributed by atoms with E-state index >= 15 is 0 Å². The average Bonchev–Trinajstić information content (AvgIpc) is 3.22. The molecule has 1 aliphatic carbocycles. The van der Waals surface area contributed by atoms with Gasteiger partial charge >= 0.3 is 5.69 Å². The molecule has 19 heavy (non-hydrogen) atoms. The summed E-state index contributed by atoms with van der Waals surface area (Å²) in [5, 5.41) is 14.2. The Bertz CT molecular complexity index is 490. The summed E-state index contributed by atoms with van der Waals surface area (Å²) in [5.41, 5.74) is 5.36. The first-order valence-electron chi connectivity index (χ1n) is 6.18. The maximum absolute atomic E-state index is 11.0. The molecule has 104 valence electrons. The second-order valence-corrected chi connectivity index (χ2v) is 5.00. The minimum atomic E-state index is -0.460. The van der Waals surface area contributed by atoms with Crippen molar-refractivity contribution >= 4 is 11.5 Å². The van der Waals surface area contributed by atoms with Crippen LogP contribution in [0.15, 0.2) is 12.1 Å². The number of hydrogen-bond donors (Lipinski definition) is 2. The van der Waals surface area contributed by atoms with Crippen molar-refractivity contribution in [3.63, 3.8) is 0 Å². The maximum Gasteiger partial charge on any atom is 0.311 e. The lowest BCUT2D eigenvalue weighted by molar-refractivity contribution is -0.384. The standard InChI is InChI=1S/C12H18N4O3/c1-12(7-13,8-3-4-8)15-11-9(16(17)18)5-6-10(14-11)19-2/h5-6,8H,3-4,7,13H2,1-2H3,(H,14,15). The van der Waals surface area contributed by atoms with Crippen LogP contribution < -0.4 is 15.8 Å². The fourth-order valence-electron chi connectivity index (χ4n) is 2.10. The van der Waals surface area contributed by atoms with Gasteiger partial charge in [-0.25, -0.2) is 0 Å². The molecule has 1 aliphatic rings. The number of nitro groups is 1. The lowest BCUT2D eigenvalue weighted by Crippen LogP contribution is -2.45. The van der Waals surface area contributed by atoms with Gasteiger partial charge in [0, 0.05) is 18.7 Å². The molecular weight excluding hydrogens is 248 g/mol. The Morgan fingerprint density at radius 3 is 2.79 bits per heavy atom. The molecule has 2 rings (SSSR count). The zero-order valence-electron chi connectivity index (χ0n) is 11.0. The van der Waals surface area contributed by atoms with Crippen LogP contribution in [0.3, 0.4) is 0 Å². The van der Waals surface area contributed by atoms with Crippen LogP contribution in [0.5, 0.6) is 5.88 Å². The number of methoxy groups -OCH3 is 1. The van der Waals surface area contributed by atoms with E-state index in [1.807, 2.05) is 6.92 Å². The Morgan fingerprint density at radius 2 is 2.32 bits per heavy atom. The van der Waals surface area contributed by atoms with Gasteiger partial charge in [0.1, 0.15) is 0 Å². The quantitative estimate of drug-likeness (QED) is 0.598. The number of nitrogens with two attached hydrogens (primary N) is 1. The Balaban J connectivity index is 2.33. The minimum absolute atomic E-state index is 0.0684. The highest BCUT2D eigenvalue weighted by Crippen LogP contribution is 2.41. The summed E-state index contributed by atoms with van der Waals surface area (Å²) in [4.78, 5) is 14.7. The molecule has 0 spiro atoms. The van der Waals surface area contributed by atoms with Crippen molar-refractivity contribution in [1.82, 2.24) is 4.98 Å². The van der Waals surface area contributed by atoms with Crippen LogP contribution in [0.1, 0.15) is 19.8 Å². The first-order chi connectivity index (χ1) is 9.00. The fraction of sp³-hybridized carbons (Fsp3) is 0.583. The second-order valence-electron chi connectivity index (χ2n) is 5.00. The average molecular weight is 266 g/mol. The summed E-state index contributed by atoms with van der Waals surface area (Å²) >= 11 is 0. The van der Waals surface area contributed by atoms with Crippen LogP contribution in [0.4, 0.5) is 11.5 Å². The molecule has 0 aromatic carbocycles. The number of nitrogens with zero attached hydrogens (tertiary/aromatic N) is 2. The van der Waals surface area contributed by atoms with E-state index < -0.39 is 4.92 Å². The Hall–Kier alpha value is -1.89. The molecule has 7 nitrogen and oxygen atoms in total. The van der Waals surface area contributed by atoms with E-state index in [-0.39, 0.29) is 17.0 Å². The van der Waals surface area contributed by atoms with Crippen molar-refractivity contribution in [3.8, 4) is 5.88 Å². The van der Waals surface area contributed by atoms with Gasteiger partial charge in [0.05, 0.1) is 17.6 Å². The van der Waals surface area contributed by atoms with Gasteiger partial charge in [-0.3, -0.25) is 10.1 Å². The molecule has 0 saturated heterocycles. The number of aromatic nitrogens is 1. The van der Waals surface area contributed by atoms with E-state index in [0.29, 0.717) is 18.3 Å². The molecule has 1 atom stereocenters. The monoisotopic (exact) mass is 266 g/mol. The minimum Gasteiger partial charge on any atom is -0.481 e. The summed E-state index contributed by atoms with van der Waals surface area (Å²) in [6.45, 7) is 2.36. The van der Waals surface area contributed by atoms with E-state index in [0.717, 1.165) is 12.8 Å². The second kappa shape index (κ2) is 5.00. The largest absolute Gasteiger partial charge is 0.481 e. The molecule has 1 heterocycles. The molecule has 7 heteroatoms. The van der Waals surface area contributed by atoms with Gasteiger partial charge in [0.2, 0.25) is 11.7 Å². The summed E-state index contributed by atoms with van der Waals surface area (Å²) < 4.78 is 5.01. The van der Waals surface area contributed by atoms with Crippen molar-refractivity contribution in [2.45, 2.75) is 25.3 Å². The molecule has 1 fully saturated rings. The van der Waals surface area contributed by atoms with Crippen molar-refractivity contribution in [3.05, 3.63) is 22.2 Å². The number of rotatable bonds is 6. The van der Waals surface area contributed by atoms with Crippen LogP contribution >= 0.6 is 0 Å². The molecule has 0 amide bonds. The fourth-order valence-corrected chi connectivity index (χ4v) is 2.10. The third-order valence-corrected chi connectivity index (χ3v) is 3.56. The molecule has 1 saturated carbocycles. The van der Waals surface area contributed by atoms with Gasteiger partial charge in [-0.05, 0) is 25.7 Å². The van der Waals surface area contributed by atoms with Crippen LogP contribution in [0.25, 0.3) is 0 Å². The number of anilines is 1. The van der Waals surface area contributed by atoms with Gasteiger partial charge in [0.15, 0.2) is 0 Å². The van der Waals surface area contributed by atoms with Crippen LogP contribution in [-0.2, 0) is 0 Å². The van der Waals surface area contributed by atoms with Crippen LogP contribution in [0, 0.1) is 16.0 Å². The summed E-state index contributed by atoms with van der Waals surface area (Å²) in [6, 6.07) is 2.86. The Kier molecular flexibility index (Phi) is 3.57. The maximum atomic E-state index is 11.0. The zero-order chi connectivity index (χ0) is 14.0. The predicted molar refractivity (Wildman–Crippen MR) is 71.2 cm³/mol. The zero-order valence-corrected chi connectivity index (χ0v) is 11.0. The molecule has 3 N–H and O–H groups in total. The van der Waals surface area contributed by atoms with Crippen molar-refractivity contribution in [1.29, 1.82) is 0 Å². The van der Waals surface area contributed by atoms with E-state index in [9.17, 15) is 10.1 Å². The number of ether oxygens (including phenoxy) is 1. The summed E-state index contributed by atoms with van der Waals surface area (Å²) in [5.74, 6) is 0.984. The van der Waals surface area contributed by atoms with Gasteiger partial charge in [0.25, 0.3) is 0 Å². The highest BCUT2D eigenvalue weighted by Gasteiger charge is 2.41. The predicted octanol–water partition coefficient (Wildman–Crippen LogP) is 1.54. The highest BCUT2D eigenvalue weighted by atomic mass is 16.6. The summed E-state index contributed by atoms with van der Waals surface area (Å²) in [7, 11) is 1.47. The van der Waals surface area contributed by atoms with Crippen LogP contribution in [0.2, 0.25) is 0 Å². The van der Waals surface area contributed by atoms with Gasteiger partial charge in [-0.2, -0.15) is 4.98 Å². The van der Waals surface area contributed by atoms with E-state index in [2.05, 4.69) is 10.3 Å². The molecular formula is C12H18N4O3. The lowest BCUT2D eigenvalue weighted by Gasteiger charge is -2.29. The third kappa shape index (κ3) is 2.76. The van der Waals surface area contributed by atoms with Crippen molar-refractivity contribution in [2.24, 2.45) is 11.7 Å². The smallest absolute Gasteiger partial charge is 0.311 e. The van der Waals surface area contributed by atoms with Crippen LogP contribution in [-0.4, -0.2) is 29.1 Å². The van der Waals surface area contributed by atoms with Crippen molar-refractivity contribution < 1.29 is 9.66 Å². The SMILES string of the molecule is COc1ccc([N+](=O)[O-])c(NC(C)(CN)C2CC2)n1. The van der Waals surface area contributed by atoms with E-state index in [4.69, 9.17) is 10.5 Å². The number of hydrogen-bond acceptors (Lipinski definition) is 6. The first-order valence-corrected chi connectivity index (χ1v) is 6.18. The van der Waals surface area contributed by atoms with Gasteiger partial charge < -0.3 is 15.8 Å². The normalized spacial score (nSPS) is 17.6. The Labute approximate surface area is 111 Å².